The largest absolute Gasteiger partial charge is 0.351 e. The number of hydrogen-bond donors (Lipinski definition) is 1. The minimum atomic E-state index is -0.0495. The summed E-state index contributed by atoms with van der Waals surface area (Å²) in [5, 5.41) is 2.95. The summed E-state index contributed by atoms with van der Waals surface area (Å²) in [5.74, 6) is 1.54. The number of fused-ring (bicyclic) bond motifs is 1. The number of hydrogen-bond acceptors (Lipinski definition) is 4. The summed E-state index contributed by atoms with van der Waals surface area (Å²) >= 11 is 0. The lowest BCUT2D eigenvalue weighted by atomic mass is 9.92. The van der Waals surface area contributed by atoms with Crippen LogP contribution in [0.2, 0.25) is 0 Å². The number of rotatable bonds is 4. The van der Waals surface area contributed by atoms with Gasteiger partial charge < -0.3 is 10.2 Å². The van der Waals surface area contributed by atoms with Gasteiger partial charge in [0.1, 0.15) is 0 Å². The fourth-order valence-electron chi connectivity index (χ4n) is 3.24. The van der Waals surface area contributed by atoms with E-state index in [1.807, 2.05) is 13.0 Å². The van der Waals surface area contributed by atoms with Crippen LogP contribution in [-0.4, -0.2) is 22.4 Å². The summed E-state index contributed by atoms with van der Waals surface area (Å²) in [6, 6.07) is 10.4. The van der Waals surface area contributed by atoms with Gasteiger partial charge in [-0.15, -0.1) is 0 Å². The predicted octanol–water partition coefficient (Wildman–Crippen LogP) is 4.11. The first-order valence-corrected chi connectivity index (χ1v) is 9.28. The average Bonchev–Trinajstić information content (AvgIpc) is 2.55. The Kier molecular flexibility index (Phi) is 5.25. The Balaban J connectivity index is 1.80. The highest BCUT2D eigenvalue weighted by Gasteiger charge is 2.23. The number of anilines is 2. The molecule has 5 heteroatoms. The van der Waals surface area contributed by atoms with Gasteiger partial charge in [-0.1, -0.05) is 51.1 Å². The third-order valence-corrected chi connectivity index (χ3v) is 4.43. The van der Waals surface area contributed by atoms with E-state index in [2.05, 4.69) is 55.3 Å². The van der Waals surface area contributed by atoms with Crippen LogP contribution in [0, 0.1) is 12.3 Å². The predicted molar refractivity (Wildman–Crippen MR) is 105 cm³/mol. The van der Waals surface area contributed by atoms with Crippen LogP contribution in [0.1, 0.15) is 50.6 Å². The van der Waals surface area contributed by atoms with Crippen LogP contribution in [0.25, 0.3) is 0 Å². The van der Waals surface area contributed by atoms with Gasteiger partial charge in [0.25, 0.3) is 0 Å². The van der Waals surface area contributed by atoms with Crippen LogP contribution in [0.5, 0.6) is 0 Å². The van der Waals surface area contributed by atoms with Crippen LogP contribution >= 0.6 is 0 Å². The van der Waals surface area contributed by atoms with Gasteiger partial charge in [0.05, 0.1) is 11.4 Å². The Labute approximate surface area is 155 Å². The number of benzene rings is 1. The smallest absolute Gasteiger partial charge is 0.226 e. The van der Waals surface area contributed by atoms with E-state index in [1.54, 1.807) is 0 Å². The molecule has 0 aliphatic carbocycles. The maximum atomic E-state index is 12.3. The van der Waals surface area contributed by atoms with Gasteiger partial charge in [-0.2, -0.15) is 0 Å². The number of nitrogens with zero attached hydrogens (tertiary/aromatic N) is 3. The molecule has 0 saturated carbocycles. The Bertz CT molecular complexity index is 781. The monoisotopic (exact) mass is 352 g/mol. The second-order valence-corrected chi connectivity index (χ2v) is 8.22. The lowest BCUT2D eigenvalue weighted by Crippen LogP contribution is -2.31. The SMILES string of the molecule is Cc1nc2c(nc1NC(=O)CC(C)(C)C)CCCN2Cc1ccccc1. The van der Waals surface area contributed by atoms with E-state index in [9.17, 15) is 4.79 Å². The van der Waals surface area contributed by atoms with Crippen LogP contribution in [0.3, 0.4) is 0 Å². The first kappa shape index (κ1) is 18.4. The van der Waals surface area contributed by atoms with E-state index >= 15 is 0 Å². The van der Waals surface area contributed by atoms with E-state index in [4.69, 9.17) is 9.97 Å². The second-order valence-electron chi connectivity index (χ2n) is 8.22. The minimum absolute atomic E-state index is 0.00759. The van der Waals surface area contributed by atoms with Gasteiger partial charge in [0, 0.05) is 19.5 Å². The van der Waals surface area contributed by atoms with Crippen molar-refractivity contribution >= 4 is 17.5 Å². The summed E-state index contributed by atoms with van der Waals surface area (Å²) in [4.78, 5) is 24.1. The highest BCUT2D eigenvalue weighted by atomic mass is 16.1. The van der Waals surface area contributed by atoms with Crippen LogP contribution in [0.4, 0.5) is 11.6 Å². The van der Waals surface area contributed by atoms with Crippen molar-refractivity contribution in [3.8, 4) is 0 Å². The molecule has 0 bridgehead atoms. The van der Waals surface area contributed by atoms with Gasteiger partial charge in [-0.05, 0) is 30.7 Å². The van der Waals surface area contributed by atoms with Crippen molar-refractivity contribution in [1.82, 2.24) is 9.97 Å². The van der Waals surface area contributed by atoms with Crippen molar-refractivity contribution in [3.05, 3.63) is 47.3 Å². The van der Waals surface area contributed by atoms with Gasteiger partial charge >= 0.3 is 0 Å². The molecule has 1 aromatic carbocycles. The standard InChI is InChI=1S/C21H28N4O/c1-15-19(24-18(26)13-21(2,3)4)23-17-11-8-12-25(20(17)22-15)14-16-9-6-5-7-10-16/h5-7,9-10H,8,11-14H2,1-4H3,(H,23,24,26). The van der Waals surface area contributed by atoms with Crippen molar-refractivity contribution in [2.75, 3.05) is 16.8 Å². The van der Waals surface area contributed by atoms with Crippen molar-refractivity contribution in [2.24, 2.45) is 5.41 Å². The molecule has 0 unspecified atom stereocenters. The summed E-state index contributed by atoms with van der Waals surface area (Å²) in [5.41, 5.74) is 2.96. The van der Waals surface area contributed by atoms with E-state index in [-0.39, 0.29) is 11.3 Å². The summed E-state index contributed by atoms with van der Waals surface area (Å²) in [6.07, 6.45) is 2.41. The molecule has 1 aromatic heterocycles. The molecule has 0 atom stereocenters. The van der Waals surface area contributed by atoms with Crippen LogP contribution in [-0.2, 0) is 17.8 Å². The molecule has 0 fully saturated rings. The zero-order valence-electron chi connectivity index (χ0n) is 16.2. The highest BCUT2D eigenvalue weighted by molar-refractivity contribution is 5.90. The Morgan fingerprint density at radius 3 is 2.62 bits per heavy atom. The maximum Gasteiger partial charge on any atom is 0.226 e. The number of carbonyl (C=O) groups is 1. The number of amides is 1. The second kappa shape index (κ2) is 7.44. The molecule has 0 radical (unpaired) electrons. The van der Waals surface area contributed by atoms with Crippen LogP contribution < -0.4 is 10.2 Å². The zero-order chi connectivity index (χ0) is 18.7. The van der Waals surface area contributed by atoms with Crippen LogP contribution in [0.15, 0.2) is 30.3 Å². The molecule has 1 N–H and O–H groups in total. The lowest BCUT2D eigenvalue weighted by molar-refractivity contribution is -0.117. The van der Waals surface area contributed by atoms with E-state index in [0.717, 1.165) is 43.1 Å². The molecule has 2 heterocycles. The molecule has 1 aliphatic heterocycles. The van der Waals surface area contributed by atoms with E-state index < -0.39 is 0 Å². The summed E-state index contributed by atoms with van der Waals surface area (Å²) < 4.78 is 0. The fourth-order valence-corrected chi connectivity index (χ4v) is 3.24. The zero-order valence-corrected chi connectivity index (χ0v) is 16.2. The Hall–Kier alpha value is -2.43. The molecule has 0 saturated heterocycles. The minimum Gasteiger partial charge on any atom is -0.351 e. The molecule has 1 aliphatic rings. The number of aromatic nitrogens is 2. The molecular weight excluding hydrogens is 324 g/mol. The van der Waals surface area contributed by atoms with Gasteiger partial charge in [-0.25, -0.2) is 9.97 Å². The third kappa shape index (κ3) is 4.59. The average molecular weight is 352 g/mol. The van der Waals surface area contributed by atoms with Crippen molar-refractivity contribution < 1.29 is 4.79 Å². The highest BCUT2D eigenvalue weighted by Crippen LogP contribution is 2.28. The molecule has 138 valence electrons. The molecule has 0 spiro atoms. The van der Waals surface area contributed by atoms with E-state index in [0.29, 0.717) is 12.2 Å². The molecule has 3 rings (SSSR count). The molecule has 1 amide bonds. The van der Waals surface area contributed by atoms with Crippen molar-refractivity contribution in [2.45, 2.75) is 53.5 Å². The van der Waals surface area contributed by atoms with Gasteiger partial charge in [-0.3, -0.25) is 4.79 Å². The maximum absolute atomic E-state index is 12.3. The summed E-state index contributed by atoms with van der Waals surface area (Å²) in [7, 11) is 0. The molecular formula is C21H28N4O. The van der Waals surface area contributed by atoms with Crippen molar-refractivity contribution in [3.63, 3.8) is 0 Å². The molecule has 5 nitrogen and oxygen atoms in total. The molecule has 2 aromatic rings. The topological polar surface area (TPSA) is 58.1 Å². The summed E-state index contributed by atoms with van der Waals surface area (Å²) in [6.45, 7) is 9.89. The van der Waals surface area contributed by atoms with Gasteiger partial charge in [0.15, 0.2) is 11.6 Å². The quantitative estimate of drug-likeness (QED) is 0.899. The number of aryl methyl sites for hydroxylation is 2. The molecule has 26 heavy (non-hydrogen) atoms. The Morgan fingerprint density at radius 2 is 1.92 bits per heavy atom. The van der Waals surface area contributed by atoms with Crippen molar-refractivity contribution in [1.29, 1.82) is 0 Å². The number of nitrogens with one attached hydrogen (secondary N) is 1. The first-order valence-electron chi connectivity index (χ1n) is 9.28. The van der Waals surface area contributed by atoms with E-state index in [1.165, 1.54) is 5.56 Å². The normalized spacial score (nSPS) is 14.1. The first-order chi connectivity index (χ1) is 12.3. The Morgan fingerprint density at radius 1 is 1.19 bits per heavy atom. The van der Waals surface area contributed by atoms with Gasteiger partial charge in [0.2, 0.25) is 5.91 Å². The lowest BCUT2D eigenvalue weighted by Gasteiger charge is -2.30. The third-order valence-electron chi connectivity index (χ3n) is 4.43. The number of carbonyl (C=O) groups excluding carboxylic acids is 1. The fraction of sp³-hybridized carbons (Fsp3) is 0.476.